The van der Waals surface area contributed by atoms with Crippen molar-refractivity contribution in [2.75, 3.05) is 11.3 Å². The van der Waals surface area contributed by atoms with Crippen molar-refractivity contribution >= 4 is 15.9 Å². The van der Waals surface area contributed by atoms with Gasteiger partial charge in [0.05, 0.1) is 22.9 Å². The van der Waals surface area contributed by atoms with Gasteiger partial charge in [0, 0.05) is 22.9 Å². The molecular weight excluding hydrogens is 514 g/mol. The molecule has 0 radical (unpaired) electrons. The van der Waals surface area contributed by atoms with Crippen molar-refractivity contribution in [2.45, 2.75) is 65.9 Å². The minimum atomic E-state index is -3.93. The van der Waals surface area contributed by atoms with Gasteiger partial charge in [-0.05, 0) is 63.3 Å². The van der Waals surface area contributed by atoms with E-state index in [4.69, 9.17) is 14.0 Å². The van der Waals surface area contributed by atoms with E-state index in [1.807, 2.05) is 51.1 Å². The summed E-state index contributed by atoms with van der Waals surface area (Å²) in [6, 6.07) is 14.9. The summed E-state index contributed by atoms with van der Waals surface area (Å²) < 4.78 is 46.6. The summed E-state index contributed by atoms with van der Waals surface area (Å²) >= 11 is 0. The largest absolute Gasteiger partial charge is 0.488 e. The second-order valence-electron chi connectivity index (χ2n) is 9.27. The van der Waals surface area contributed by atoms with Crippen molar-refractivity contribution < 1.29 is 22.4 Å². The number of benzene rings is 2. The standard InChI is InChI=1S/C30H35N3O5S/c1-7-23-16-22(18-37-27-17-24(8-2)31-21(6)29(27)36-9-3)14-15-25(23)26-12-10-11-13-28(26)39(34,35)33-30-19(4)20(5)32-38-30/h10-17,33H,7-9,18H2,1-6H3. The zero-order valence-electron chi connectivity index (χ0n) is 23.3. The summed E-state index contributed by atoms with van der Waals surface area (Å²) in [5.74, 6) is 1.45. The summed E-state index contributed by atoms with van der Waals surface area (Å²) in [4.78, 5) is 4.75. The zero-order chi connectivity index (χ0) is 28.2. The molecule has 0 spiro atoms. The molecule has 8 nitrogen and oxygen atoms in total. The number of nitrogens with zero attached hydrogens (tertiary/aromatic N) is 2. The number of anilines is 1. The van der Waals surface area contributed by atoms with Crippen molar-refractivity contribution in [3.63, 3.8) is 0 Å². The Kier molecular flexibility index (Phi) is 8.60. The molecule has 206 valence electrons. The molecule has 0 atom stereocenters. The number of sulfonamides is 1. The highest BCUT2D eigenvalue weighted by molar-refractivity contribution is 7.92. The number of hydrogen-bond donors (Lipinski definition) is 1. The summed E-state index contributed by atoms with van der Waals surface area (Å²) in [6.45, 7) is 12.3. The number of pyridine rings is 1. The number of aryl methyl sites for hydroxylation is 4. The molecule has 39 heavy (non-hydrogen) atoms. The van der Waals surface area contributed by atoms with E-state index in [9.17, 15) is 8.42 Å². The first-order chi connectivity index (χ1) is 18.7. The molecule has 2 heterocycles. The Morgan fingerprint density at radius 3 is 2.33 bits per heavy atom. The Balaban J connectivity index is 1.64. The number of ether oxygens (including phenoxy) is 2. The van der Waals surface area contributed by atoms with E-state index in [2.05, 4.69) is 27.9 Å². The molecule has 9 heteroatoms. The van der Waals surface area contributed by atoms with Crippen molar-refractivity contribution in [3.8, 4) is 22.6 Å². The van der Waals surface area contributed by atoms with Crippen molar-refractivity contribution in [1.29, 1.82) is 0 Å². The molecular formula is C30H35N3O5S. The first kappa shape index (κ1) is 28.2. The van der Waals surface area contributed by atoms with E-state index in [0.717, 1.165) is 34.5 Å². The van der Waals surface area contributed by atoms with Gasteiger partial charge in [0.1, 0.15) is 6.61 Å². The molecule has 0 aliphatic carbocycles. The van der Waals surface area contributed by atoms with Crippen LogP contribution in [0.15, 0.2) is 57.9 Å². The van der Waals surface area contributed by atoms with E-state index in [1.54, 1.807) is 26.0 Å². The highest BCUT2D eigenvalue weighted by atomic mass is 32.2. The molecule has 0 saturated heterocycles. The number of aromatic nitrogens is 2. The van der Waals surface area contributed by atoms with Gasteiger partial charge >= 0.3 is 0 Å². The van der Waals surface area contributed by atoms with Gasteiger partial charge in [-0.1, -0.05) is 55.4 Å². The van der Waals surface area contributed by atoms with Crippen molar-refractivity contribution in [3.05, 3.63) is 82.3 Å². The Bertz CT molecular complexity index is 1580. The van der Waals surface area contributed by atoms with Gasteiger partial charge in [0.25, 0.3) is 10.0 Å². The molecule has 2 aromatic carbocycles. The first-order valence-electron chi connectivity index (χ1n) is 13.1. The third kappa shape index (κ3) is 6.09. The fourth-order valence-corrected chi connectivity index (χ4v) is 5.64. The van der Waals surface area contributed by atoms with E-state index in [-0.39, 0.29) is 10.8 Å². The maximum atomic E-state index is 13.4. The summed E-state index contributed by atoms with van der Waals surface area (Å²) in [5.41, 5.74) is 6.46. The molecule has 0 aliphatic heterocycles. The fourth-order valence-electron chi connectivity index (χ4n) is 4.37. The monoisotopic (exact) mass is 549 g/mol. The lowest BCUT2D eigenvalue weighted by Crippen LogP contribution is -2.14. The van der Waals surface area contributed by atoms with Crippen LogP contribution in [0.25, 0.3) is 11.1 Å². The van der Waals surface area contributed by atoms with Crippen LogP contribution in [-0.2, 0) is 29.5 Å². The van der Waals surface area contributed by atoms with Crippen LogP contribution in [-0.4, -0.2) is 25.2 Å². The topological polar surface area (TPSA) is 104 Å². The summed E-state index contributed by atoms with van der Waals surface area (Å²) in [6.07, 6.45) is 1.51. The molecule has 1 N–H and O–H groups in total. The Morgan fingerprint density at radius 1 is 0.897 bits per heavy atom. The SMILES string of the molecule is CCOc1c(OCc2ccc(-c3ccccc3S(=O)(=O)Nc3onc(C)c3C)c(CC)c2)cc(CC)nc1C. The molecule has 4 rings (SSSR count). The minimum absolute atomic E-state index is 0.120. The molecule has 0 amide bonds. The highest BCUT2D eigenvalue weighted by Gasteiger charge is 2.23. The predicted molar refractivity (Wildman–Crippen MR) is 152 cm³/mol. The maximum absolute atomic E-state index is 13.4. The first-order valence-corrected chi connectivity index (χ1v) is 14.6. The normalized spacial score (nSPS) is 11.4. The molecule has 2 aromatic heterocycles. The lowest BCUT2D eigenvalue weighted by atomic mass is 9.96. The van der Waals surface area contributed by atoms with Crippen LogP contribution in [0.4, 0.5) is 5.88 Å². The van der Waals surface area contributed by atoms with Crippen molar-refractivity contribution in [1.82, 2.24) is 10.1 Å². The third-order valence-corrected chi connectivity index (χ3v) is 8.00. The van der Waals surface area contributed by atoms with Crippen LogP contribution in [0.2, 0.25) is 0 Å². The average molecular weight is 550 g/mol. The van der Waals surface area contributed by atoms with E-state index in [1.165, 1.54) is 0 Å². The highest BCUT2D eigenvalue weighted by Crippen LogP contribution is 2.34. The van der Waals surface area contributed by atoms with Gasteiger partial charge in [0.2, 0.25) is 5.88 Å². The smallest absolute Gasteiger partial charge is 0.264 e. The van der Waals surface area contributed by atoms with Crippen LogP contribution in [0.1, 0.15) is 54.5 Å². The van der Waals surface area contributed by atoms with Crippen molar-refractivity contribution in [2.24, 2.45) is 0 Å². The Labute approximate surface area is 230 Å². The second-order valence-corrected chi connectivity index (χ2v) is 10.9. The van der Waals surface area contributed by atoms with Crippen LogP contribution in [0.3, 0.4) is 0 Å². The maximum Gasteiger partial charge on any atom is 0.264 e. The lowest BCUT2D eigenvalue weighted by Gasteiger charge is -2.17. The molecule has 0 aliphatic rings. The van der Waals surface area contributed by atoms with Gasteiger partial charge in [-0.25, -0.2) is 13.1 Å². The fraction of sp³-hybridized carbons (Fsp3) is 0.333. The van der Waals surface area contributed by atoms with Crippen LogP contribution < -0.4 is 14.2 Å². The summed E-state index contributed by atoms with van der Waals surface area (Å²) in [5, 5.41) is 3.86. The van der Waals surface area contributed by atoms with E-state index >= 15 is 0 Å². The number of rotatable bonds is 11. The van der Waals surface area contributed by atoms with Gasteiger partial charge < -0.3 is 14.0 Å². The van der Waals surface area contributed by atoms with Gasteiger partial charge in [-0.3, -0.25) is 4.98 Å². The number of hydrogen-bond acceptors (Lipinski definition) is 7. The average Bonchev–Trinajstić information content (AvgIpc) is 3.24. The predicted octanol–water partition coefficient (Wildman–Crippen LogP) is 6.57. The molecule has 0 unspecified atom stereocenters. The van der Waals surface area contributed by atoms with Gasteiger partial charge in [-0.2, -0.15) is 0 Å². The quantitative estimate of drug-likeness (QED) is 0.226. The lowest BCUT2D eigenvalue weighted by molar-refractivity contribution is 0.266. The van der Waals surface area contributed by atoms with Crippen LogP contribution in [0.5, 0.6) is 11.5 Å². The summed E-state index contributed by atoms with van der Waals surface area (Å²) in [7, 11) is -3.93. The van der Waals surface area contributed by atoms with Gasteiger partial charge in [0.15, 0.2) is 11.5 Å². The number of nitrogens with one attached hydrogen (secondary N) is 1. The van der Waals surface area contributed by atoms with Crippen LogP contribution >= 0.6 is 0 Å². The molecule has 4 aromatic rings. The van der Waals surface area contributed by atoms with Gasteiger partial charge in [-0.15, -0.1) is 0 Å². The van der Waals surface area contributed by atoms with E-state index < -0.39 is 10.0 Å². The molecule has 0 bridgehead atoms. The Hall–Kier alpha value is -3.85. The zero-order valence-corrected chi connectivity index (χ0v) is 24.1. The minimum Gasteiger partial charge on any atom is -0.488 e. The Morgan fingerprint density at radius 2 is 1.67 bits per heavy atom. The molecule has 0 saturated carbocycles. The second kappa shape index (κ2) is 11.9. The van der Waals surface area contributed by atoms with E-state index in [0.29, 0.717) is 48.0 Å². The van der Waals surface area contributed by atoms with Crippen LogP contribution in [0, 0.1) is 20.8 Å². The molecule has 0 fully saturated rings. The third-order valence-electron chi connectivity index (χ3n) is 6.61.